The molecule has 0 unspecified atom stereocenters. The number of likely N-dealkylation sites (N-methyl/N-ethyl adjacent to an activating group) is 1. The molecule has 2 heterocycles. The van der Waals surface area contributed by atoms with E-state index < -0.39 is 0 Å². The molecular weight excluding hydrogens is 502 g/mol. The minimum absolute atomic E-state index is 0.222. The second-order valence-corrected chi connectivity index (χ2v) is 9.43. The number of amides is 2. The molecule has 0 saturated heterocycles. The van der Waals surface area contributed by atoms with Crippen LogP contribution in [0.3, 0.4) is 0 Å². The first-order chi connectivity index (χ1) is 19.4. The number of aromatic nitrogens is 3. The number of H-pyrrole nitrogens is 1. The molecule has 2 aromatic heterocycles. The lowest BCUT2D eigenvalue weighted by atomic mass is 10.1. The molecule has 0 radical (unpaired) electrons. The van der Waals surface area contributed by atoms with Gasteiger partial charge in [0.05, 0.1) is 5.69 Å². The van der Waals surface area contributed by atoms with Crippen molar-refractivity contribution < 1.29 is 9.59 Å². The lowest BCUT2D eigenvalue weighted by molar-refractivity contribution is -0.111. The number of anilines is 4. The van der Waals surface area contributed by atoms with Gasteiger partial charge in [0.2, 0.25) is 5.91 Å². The maximum Gasteiger partial charge on any atom is 0.255 e. The van der Waals surface area contributed by atoms with Gasteiger partial charge in [-0.2, -0.15) is 0 Å². The van der Waals surface area contributed by atoms with Crippen LogP contribution in [0.25, 0.3) is 22.2 Å². The zero-order valence-electron chi connectivity index (χ0n) is 22.2. The molecule has 0 aliphatic carbocycles. The normalized spacial score (nSPS) is 11.2. The summed E-state index contributed by atoms with van der Waals surface area (Å²) in [5, 5.41) is 10.1. The Morgan fingerprint density at radius 3 is 2.50 bits per heavy atom. The molecule has 200 valence electrons. The zero-order valence-corrected chi connectivity index (χ0v) is 22.2. The van der Waals surface area contributed by atoms with Crippen molar-refractivity contribution in [1.82, 2.24) is 19.9 Å². The summed E-state index contributed by atoms with van der Waals surface area (Å²) in [6, 6.07) is 24.1. The summed E-state index contributed by atoms with van der Waals surface area (Å²) in [5.41, 5.74) is 5.31. The Labute approximate surface area is 232 Å². The number of carbonyl (C=O) groups is 2. The van der Waals surface area contributed by atoms with Gasteiger partial charge in [0.25, 0.3) is 5.91 Å². The van der Waals surface area contributed by atoms with Crippen molar-refractivity contribution in [3.05, 3.63) is 109 Å². The average molecular weight is 532 g/mol. The maximum absolute atomic E-state index is 12.8. The van der Waals surface area contributed by atoms with Crippen LogP contribution in [0.2, 0.25) is 0 Å². The molecule has 5 aromatic rings. The van der Waals surface area contributed by atoms with Crippen molar-refractivity contribution in [3.8, 4) is 11.3 Å². The van der Waals surface area contributed by atoms with Crippen molar-refractivity contribution in [3.63, 3.8) is 0 Å². The third kappa shape index (κ3) is 6.58. The summed E-state index contributed by atoms with van der Waals surface area (Å²) in [6.07, 6.45) is 6.74. The summed E-state index contributed by atoms with van der Waals surface area (Å²) in [6.45, 7) is 0.675. The highest BCUT2D eigenvalue weighted by atomic mass is 16.2. The summed E-state index contributed by atoms with van der Waals surface area (Å²) < 4.78 is 0. The summed E-state index contributed by atoms with van der Waals surface area (Å²) >= 11 is 0. The predicted molar refractivity (Wildman–Crippen MR) is 160 cm³/mol. The number of fused-ring (bicyclic) bond motifs is 1. The Balaban J connectivity index is 1.22. The van der Waals surface area contributed by atoms with E-state index in [1.165, 1.54) is 12.4 Å². The average Bonchev–Trinajstić information content (AvgIpc) is 3.38. The van der Waals surface area contributed by atoms with Crippen molar-refractivity contribution >= 4 is 45.6 Å². The molecule has 3 aromatic carbocycles. The van der Waals surface area contributed by atoms with E-state index in [0.717, 1.165) is 27.8 Å². The number of aromatic amines is 1. The number of benzene rings is 3. The molecule has 40 heavy (non-hydrogen) atoms. The number of hydrogen-bond donors (Lipinski definition) is 4. The lowest BCUT2D eigenvalue weighted by Gasteiger charge is -2.10. The van der Waals surface area contributed by atoms with Crippen LogP contribution in [0.1, 0.15) is 10.4 Å². The highest BCUT2D eigenvalue weighted by Crippen LogP contribution is 2.28. The molecule has 0 aliphatic heterocycles. The zero-order chi connectivity index (χ0) is 27.9. The maximum atomic E-state index is 12.8. The fraction of sp³-hybridized carbons (Fsp3) is 0.0968. The minimum atomic E-state index is -0.260. The second kappa shape index (κ2) is 12.1. The highest BCUT2D eigenvalue weighted by Gasteiger charge is 2.10. The van der Waals surface area contributed by atoms with Crippen LogP contribution in [0, 0.1) is 0 Å². The van der Waals surface area contributed by atoms with Gasteiger partial charge in [0.15, 0.2) is 0 Å². The van der Waals surface area contributed by atoms with Gasteiger partial charge in [-0.15, -0.1) is 0 Å². The quantitative estimate of drug-likeness (QED) is 0.182. The third-order valence-corrected chi connectivity index (χ3v) is 6.08. The first kappa shape index (κ1) is 26.3. The molecule has 4 N–H and O–H groups in total. The van der Waals surface area contributed by atoms with E-state index in [4.69, 9.17) is 0 Å². The van der Waals surface area contributed by atoms with Gasteiger partial charge in [-0.05, 0) is 62.6 Å². The molecule has 9 nitrogen and oxygen atoms in total. The SMILES string of the molecule is CN(C)C/C=C\C(=O)Nc1ccc(C(=O)Nc2cccc(Nc3cc(-c4c[nH]c5ccccc45)ncn3)c2)cc1. The smallest absolute Gasteiger partial charge is 0.255 e. The van der Waals surface area contributed by atoms with E-state index >= 15 is 0 Å². The molecule has 2 amide bonds. The first-order valence-corrected chi connectivity index (χ1v) is 12.7. The third-order valence-electron chi connectivity index (χ3n) is 6.08. The Hall–Kier alpha value is -5.28. The molecular formula is C31H29N7O2. The Bertz CT molecular complexity index is 1670. The molecule has 9 heteroatoms. The molecule has 0 spiro atoms. The van der Waals surface area contributed by atoms with E-state index in [1.807, 2.05) is 73.7 Å². The fourth-order valence-electron chi connectivity index (χ4n) is 4.14. The van der Waals surface area contributed by atoms with E-state index in [-0.39, 0.29) is 11.8 Å². The lowest BCUT2D eigenvalue weighted by Crippen LogP contribution is -2.13. The van der Waals surface area contributed by atoms with E-state index in [0.29, 0.717) is 29.3 Å². The van der Waals surface area contributed by atoms with Crippen LogP contribution in [0.5, 0.6) is 0 Å². The number of nitrogens with zero attached hydrogens (tertiary/aromatic N) is 3. The van der Waals surface area contributed by atoms with Crippen molar-refractivity contribution in [2.45, 2.75) is 0 Å². The molecule has 0 bridgehead atoms. The predicted octanol–water partition coefficient (Wildman–Crippen LogP) is 5.68. The number of nitrogens with one attached hydrogen (secondary N) is 4. The van der Waals surface area contributed by atoms with E-state index in [2.05, 4.69) is 37.0 Å². The largest absolute Gasteiger partial charge is 0.360 e. The number of hydrogen-bond acceptors (Lipinski definition) is 6. The Morgan fingerprint density at radius 2 is 1.68 bits per heavy atom. The number of carbonyl (C=O) groups excluding carboxylic acids is 2. The Kier molecular flexibility index (Phi) is 7.94. The molecule has 0 atom stereocenters. The van der Waals surface area contributed by atoms with Crippen LogP contribution in [-0.2, 0) is 4.79 Å². The van der Waals surface area contributed by atoms with Gasteiger partial charge in [0.1, 0.15) is 12.1 Å². The molecule has 0 aliphatic rings. The van der Waals surface area contributed by atoms with Gasteiger partial charge in [0, 0.05) is 64.0 Å². The van der Waals surface area contributed by atoms with Gasteiger partial charge < -0.3 is 25.8 Å². The highest BCUT2D eigenvalue weighted by molar-refractivity contribution is 6.05. The van der Waals surface area contributed by atoms with Crippen molar-refractivity contribution in [2.24, 2.45) is 0 Å². The fourth-order valence-corrected chi connectivity index (χ4v) is 4.14. The molecule has 0 fully saturated rings. The van der Waals surface area contributed by atoms with Crippen LogP contribution >= 0.6 is 0 Å². The van der Waals surface area contributed by atoms with Gasteiger partial charge in [-0.1, -0.05) is 30.3 Å². The van der Waals surface area contributed by atoms with Gasteiger partial charge in [-0.25, -0.2) is 9.97 Å². The van der Waals surface area contributed by atoms with Gasteiger partial charge in [-0.3, -0.25) is 9.59 Å². The van der Waals surface area contributed by atoms with Crippen LogP contribution < -0.4 is 16.0 Å². The van der Waals surface area contributed by atoms with Crippen LogP contribution in [0.15, 0.2) is 104 Å². The standard InChI is InChI=1S/C31H29N7O2/c1-38(2)16-6-11-30(39)36-22-14-12-21(13-15-22)31(40)37-24-8-5-7-23(17-24)35-29-18-28(33-20-34-29)26-19-32-27-10-4-3-9-25(26)27/h3-15,17-20,32H,16H2,1-2H3,(H,36,39)(H,37,40)(H,33,34,35)/b11-6-. The minimum Gasteiger partial charge on any atom is -0.360 e. The monoisotopic (exact) mass is 531 g/mol. The molecule has 5 rings (SSSR count). The van der Waals surface area contributed by atoms with Crippen LogP contribution in [-0.4, -0.2) is 52.3 Å². The first-order valence-electron chi connectivity index (χ1n) is 12.7. The summed E-state index contributed by atoms with van der Waals surface area (Å²) in [7, 11) is 3.86. The molecule has 0 saturated carbocycles. The van der Waals surface area contributed by atoms with Crippen molar-refractivity contribution in [2.75, 3.05) is 36.6 Å². The summed E-state index contributed by atoms with van der Waals surface area (Å²) in [5.74, 6) is 0.151. The Morgan fingerprint density at radius 1 is 0.875 bits per heavy atom. The number of rotatable bonds is 9. The van der Waals surface area contributed by atoms with Gasteiger partial charge >= 0.3 is 0 Å². The van der Waals surface area contributed by atoms with E-state index in [1.54, 1.807) is 30.3 Å². The van der Waals surface area contributed by atoms with Crippen molar-refractivity contribution in [1.29, 1.82) is 0 Å². The second-order valence-electron chi connectivity index (χ2n) is 9.43. The van der Waals surface area contributed by atoms with Crippen LogP contribution in [0.4, 0.5) is 22.9 Å². The summed E-state index contributed by atoms with van der Waals surface area (Å²) in [4.78, 5) is 38.9. The number of para-hydroxylation sites is 1. The topological polar surface area (TPSA) is 115 Å². The van der Waals surface area contributed by atoms with E-state index in [9.17, 15) is 9.59 Å².